The van der Waals surface area contributed by atoms with Crippen LogP contribution < -0.4 is 9.64 Å². The van der Waals surface area contributed by atoms with Gasteiger partial charge in [0.15, 0.2) is 4.34 Å². The number of ether oxygens (including phenoxy) is 1. The minimum Gasteiger partial charge on any atom is -0.507 e. The van der Waals surface area contributed by atoms with Crippen molar-refractivity contribution in [2.24, 2.45) is 0 Å². The number of benzene rings is 3. The van der Waals surface area contributed by atoms with Crippen LogP contribution >= 0.6 is 23.1 Å². The maximum absolute atomic E-state index is 13.8. The first kappa shape index (κ1) is 25.6. The minimum absolute atomic E-state index is 0.112. The predicted octanol–water partition coefficient (Wildman–Crippen LogP) is 5.99. The Balaban J connectivity index is 1.53. The van der Waals surface area contributed by atoms with Crippen LogP contribution in [-0.2, 0) is 15.3 Å². The van der Waals surface area contributed by atoms with E-state index in [-0.39, 0.29) is 16.5 Å². The lowest BCUT2D eigenvalue weighted by molar-refractivity contribution is -0.132. The van der Waals surface area contributed by atoms with E-state index in [4.69, 9.17) is 4.74 Å². The molecule has 1 fully saturated rings. The molecule has 3 aromatic carbocycles. The standard InChI is InChI=1S/C28H22FN3O4S2/c1-2-36-21-14-10-19(11-15-21)24(33)22-23(18-8-12-20(29)13-9-18)32(26(35)25(22)34)27-30-31-28(38-27)37-16-17-6-4-3-5-7-17/h3-15,23,33H,2,16H2,1H3/b24-22-. The molecule has 0 aliphatic carbocycles. The predicted molar refractivity (Wildman–Crippen MR) is 145 cm³/mol. The monoisotopic (exact) mass is 547 g/mol. The molecule has 10 heteroatoms. The number of amides is 1. The molecule has 7 nitrogen and oxygen atoms in total. The lowest BCUT2D eigenvalue weighted by atomic mass is 9.95. The molecular formula is C28H22FN3O4S2. The quantitative estimate of drug-likeness (QED) is 0.0952. The SMILES string of the molecule is CCOc1ccc(/C(O)=C2/C(=O)C(=O)N(c3nnc(SCc4ccccc4)s3)C2c2ccc(F)cc2)cc1. The molecular weight excluding hydrogens is 525 g/mol. The summed E-state index contributed by atoms with van der Waals surface area (Å²) in [6, 6.07) is 20.9. The summed E-state index contributed by atoms with van der Waals surface area (Å²) < 4.78 is 19.8. The van der Waals surface area contributed by atoms with Crippen LogP contribution in [0.5, 0.6) is 5.75 Å². The molecule has 1 N–H and O–H groups in total. The van der Waals surface area contributed by atoms with Gasteiger partial charge < -0.3 is 9.84 Å². The number of aliphatic hydroxyl groups is 1. The van der Waals surface area contributed by atoms with Crippen LogP contribution in [0, 0.1) is 5.82 Å². The number of rotatable bonds is 8. The maximum atomic E-state index is 13.8. The first-order valence-corrected chi connectivity index (χ1v) is 13.6. The van der Waals surface area contributed by atoms with Gasteiger partial charge in [-0.15, -0.1) is 10.2 Å². The normalized spacial score (nSPS) is 16.7. The van der Waals surface area contributed by atoms with E-state index >= 15 is 0 Å². The summed E-state index contributed by atoms with van der Waals surface area (Å²) in [5, 5.41) is 19.8. The second-order valence-electron chi connectivity index (χ2n) is 8.30. The van der Waals surface area contributed by atoms with E-state index in [0.717, 1.165) is 5.56 Å². The summed E-state index contributed by atoms with van der Waals surface area (Å²) in [5.41, 5.74) is 1.79. The van der Waals surface area contributed by atoms with Gasteiger partial charge in [0, 0.05) is 11.3 Å². The number of hydrogen-bond acceptors (Lipinski definition) is 8. The van der Waals surface area contributed by atoms with Crippen molar-refractivity contribution in [1.82, 2.24) is 10.2 Å². The molecule has 0 spiro atoms. The van der Waals surface area contributed by atoms with E-state index < -0.39 is 23.5 Å². The van der Waals surface area contributed by atoms with Gasteiger partial charge in [0.2, 0.25) is 5.13 Å². The molecule has 1 amide bonds. The van der Waals surface area contributed by atoms with Gasteiger partial charge in [0.05, 0.1) is 18.2 Å². The van der Waals surface area contributed by atoms with Crippen molar-refractivity contribution in [2.75, 3.05) is 11.5 Å². The zero-order valence-electron chi connectivity index (χ0n) is 20.2. The van der Waals surface area contributed by atoms with Gasteiger partial charge in [-0.05, 0) is 54.4 Å². The van der Waals surface area contributed by atoms with Crippen molar-refractivity contribution in [1.29, 1.82) is 0 Å². The Morgan fingerprint density at radius 3 is 2.42 bits per heavy atom. The highest BCUT2D eigenvalue weighted by molar-refractivity contribution is 8.00. The molecule has 4 aromatic rings. The van der Waals surface area contributed by atoms with Gasteiger partial charge in [-0.1, -0.05) is 65.6 Å². The Hall–Kier alpha value is -4.02. The Bertz CT molecular complexity index is 1490. The first-order chi connectivity index (χ1) is 18.5. The van der Waals surface area contributed by atoms with Crippen molar-refractivity contribution in [3.05, 3.63) is 107 Å². The lowest BCUT2D eigenvalue weighted by Gasteiger charge is -2.22. The van der Waals surface area contributed by atoms with Crippen LogP contribution in [0.2, 0.25) is 0 Å². The Labute approximate surface area is 226 Å². The van der Waals surface area contributed by atoms with E-state index in [1.54, 1.807) is 24.3 Å². The van der Waals surface area contributed by atoms with E-state index in [2.05, 4.69) is 10.2 Å². The molecule has 1 unspecified atom stereocenters. The van der Waals surface area contributed by atoms with E-state index in [1.165, 1.54) is 52.3 Å². The third-order valence-corrected chi connectivity index (χ3v) is 8.00. The summed E-state index contributed by atoms with van der Waals surface area (Å²) >= 11 is 2.64. The second-order valence-corrected chi connectivity index (χ2v) is 10.5. The van der Waals surface area contributed by atoms with Gasteiger partial charge >= 0.3 is 5.91 Å². The van der Waals surface area contributed by atoms with Crippen LogP contribution in [0.15, 0.2) is 88.8 Å². The summed E-state index contributed by atoms with van der Waals surface area (Å²) in [7, 11) is 0. The number of anilines is 1. The lowest BCUT2D eigenvalue weighted by Crippen LogP contribution is -2.29. The highest BCUT2D eigenvalue weighted by atomic mass is 32.2. The molecule has 0 radical (unpaired) electrons. The molecule has 5 rings (SSSR count). The van der Waals surface area contributed by atoms with E-state index in [1.807, 2.05) is 37.3 Å². The van der Waals surface area contributed by atoms with Crippen molar-refractivity contribution in [2.45, 2.75) is 23.1 Å². The van der Waals surface area contributed by atoms with Crippen molar-refractivity contribution < 1.29 is 23.8 Å². The molecule has 1 aliphatic rings. The highest BCUT2D eigenvalue weighted by Gasteiger charge is 2.48. The summed E-state index contributed by atoms with van der Waals surface area (Å²) in [4.78, 5) is 27.8. The fourth-order valence-corrected chi connectivity index (χ4v) is 5.92. The molecule has 0 saturated carbocycles. The number of Topliss-reactive ketones (excluding diaryl/α,β-unsaturated/α-hetero) is 1. The van der Waals surface area contributed by atoms with Gasteiger partial charge in [-0.25, -0.2) is 4.39 Å². The van der Waals surface area contributed by atoms with Gasteiger partial charge in [0.25, 0.3) is 5.78 Å². The number of hydrogen-bond donors (Lipinski definition) is 1. The number of carbonyl (C=O) groups excluding carboxylic acids is 2. The first-order valence-electron chi connectivity index (χ1n) is 11.8. The number of nitrogens with zero attached hydrogens (tertiary/aromatic N) is 3. The molecule has 1 aromatic heterocycles. The molecule has 1 atom stereocenters. The fraction of sp³-hybridized carbons (Fsp3) is 0.143. The maximum Gasteiger partial charge on any atom is 0.301 e. The largest absolute Gasteiger partial charge is 0.507 e. The Morgan fingerprint density at radius 2 is 1.74 bits per heavy atom. The van der Waals surface area contributed by atoms with Gasteiger partial charge in [-0.3, -0.25) is 14.5 Å². The third kappa shape index (κ3) is 5.18. The molecule has 1 aliphatic heterocycles. The highest BCUT2D eigenvalue weighted by Crippen LogP contribution is 2.44. The average Bonchev–Trinajstić information content (AvgIpc) is 3.51. The number of aromatic nitrogens is 2. The molecule has 38 heavy (non-hydrogen) atoms. The summed E-state index contributed by atoms with van der Waals surface area (Å²) in [6.45, 7) is 2.34. The number of halogens is 1. The Kier molecular flexibility index (Phi) is 7.52. The summed E-state index contributed by atoms with van der Waals surface area (Å²) in [5.74, 6) is -1.25. The van der Waals surface area contributed by atoms with Crippen LogP contribution in [0.4, 0.5) is 9.52 Å². The summed E-state index contributed by atoms with van der Waals surface area (Å²) in [6.07, 6.45) is 0. The molecule has 0 bridgehead atoms. The van der Waals surface area contributed by atoms with Crippen molar-refractivity contribution in [3.8, 4) is 5.75 Å². The van der Waals surface area contributed by atoms with E-state index in [0.29, 0.717) is 33.6 Å². The van der Waals surface area contributed by atoms with Gasteiger partial charge in [0.1, 0.15) is 17.3 Å². The fourth-order valence-electron chi connectivity index (χ4n) is 4.10. The van der Waals surface area contributed by atoms with Crippen LogP contribution in [0.3, 0.4) is 0 Å². The number of thioether (sulfide) groups is 1. The van der Waals surface area contributed by atoms with Crippen molar-refractivity contribution in [3.63, 3.8) is 0 Å². The zero-order valence-corrected chi connectivity index (χ0v) is 21.8. The second kappa shape index (κ2) is 11.2. The number of ketones is 1. The number of carbonyl (C=O) groups is 2. The molecule has 192 valence electrons. The molecule has 2 heterocycles. The minimum atomic E-state index is -1.01. The van der Waals surface area contributed by atoms with Crippen molar-refractivity contribution >= 4 is 45.7 Å². The third-order valence-electron chi connectivity index (χ3n) is 5.88. The smallest absolute Gasteiger partial charge is 0.301 e. The topological polar surface area (TPSA) is 92.6 Å². The van der Waals surface area contributed by atoms with Crippen LogP contribution in [0.1, 0.15) is 29.7 Å². The molecule has 1 saturated heterocycles. The van der Waals surface area contributed by atoms with Crippen LogP contribution in [0.25, 0.3) is 5.76 Å². The van der Waals surface area contributed by atoms with Gasteiger partial charge in [-0.2, -0.15) is 0 Å². The average molecular weight is 548 g/mol. The number of aliphatic hydroxyl groups excluding tert-OH is 1. The van der Waals surface area contributed by atoms with Crippen LogP contribution in [-0.4, -0.2) is 33.6 Å². The Morgan fingerprint density at radius 1 is 1.03 bits per heavy atom. The zero-order chi connectivity index (χ0) is 26.6. The van der Waals surface area contributed by atoms with E-state index in [9.17, 15) is 19.1 Å².